The molecule has 0 fully saturated rings. The number of carbonyl (C=O) groups is 1. The van der Waals surface area contributed by atoms with Gasteiger partial charge in [0.1, 0.15) is 5.75 Å². The van der Waals surface area contributed by atoms with Crippen LogP contribution in [0.25, 0.3) is 0 Å². The second-order valence-corrected chi connectivity index (χ2v) is 7.70. The normalized spacial score (nSPS) is 10.8. The number of rotatable bonds is 7. The molecule has 0 bridgehead atoms. The number of halogens is 1. The van der Waals surface area contributed by atoms with E-state index in [-0.39, 0.29) is 18.3 Å². The lowest BCUT2D eigenvalue weighted by Gasteiger charge is -2.09. The van der Waals surface area contributed by atoms with Crippen molar-refractivity contribution in [2.24, 2.45) is 0 Å². The van der Waals surface area contributed by atoms with Crippen molar-refractivity contribution < 1.29 is 9.53 Å². The molecule has 2 heterocycles. The lowest BCUT2D eigenvalue weighted by molar-refractivity contribution is 0.101. The molecule has 8 heteroatoms. The third-order valence-electron chi connectivity index (χ3n) is 4.67. The average Bonchev–Trinajstić information content (AvgIpc) is 3.37. The van der Waals surface area contributed by atoms with Gasteiger partial charge in [0, 0.05) is 23.5 Å². The molecule has 0 aliphatic rings. The van der Waals surface area contributed by atoms with Gasteiger partial charge in [0.2, 0.25) is 0 Å². The minimum Gasteiger partial charge on any atom is -0.471 e. The predicted octanol–water partition coefficient (Wildman–Crippen LogP) is 4.69. The van der Waals surface area contributed by atoms with Gasteiger partial charge in [-0.2, -0.15) is 10.2 Å². The summed E-state index contributed by atoms with van der Waals surface area (Å²) in [7, 11) is 0. The third kappa shape index (κ3) is 5.32. The maximum Gasteiger partial charge on any atom is 0.277 e. The molecule has 1 N–H and O–H groups in total. The van der Waals surface area contributed by atoms with E-state index in [0.717, 1.165) is 16.9 Å². The van der Waals surface area contributed by atoms with Crippen LogP contribution in [0.3, 0.4) is 0 Å². The molecule has 0 atom stereocenters. The Labute approximate surface area is 185 Å². The lowest BCUT2D eigenvalue weighted by Crippen LogP contribution is -2.15. The molecule has 0 aliphatic carbocycles. The smallest absolute Gasteiger partial charge is 0.277 e. The number of nitrogens with zero attached hydrogens (tertiary/aromatic N) is 4. The van der Waals surface area contributed by atoms with Crippen molar-refractivity contribution in [2.75, 3.05) is 5.32 Å². The topological polar surface area (TPSA) is 74.0 Å². The van der Waals surface area contributed by atoms with Gasteiger partial charge in [-0.3, -0.25) is 9.48 Å². The molecule has 1 amide bonds. The van der Waals surface area contributed by atoms with Crippen molar-refractivity contribution in [3.05, 3.63) is 94.4 Å². The van der Waals surface area contributed by atoms with Gasteiger partial charge < -0.3 is 10.1 Å². The van der Waals surface area contributed by atoms with E-state index in [1.165, 1.54) is 5.56 Å². The molecule has 2 aromatic carbocycles. The number of aromatic nitrogens is 4. The zero-order chi connectivity index (χ0) is 21.8. The number of nitrogens with one attached hydrogen (secondary N) is 1. The van der Waals surface area contributed by atoms with E-state index in [2.05, 4.69) is 21.6 Å². The van der Waals surface area contributed by atoms with Crippen LogP contribution in [-0.2, 0) is 13.3 Å². The quantitative estimate of drug-likeness (QED) is 0.457. The van der Waals surface area contributed by atoms with Crippen LogP contribution in [-0.4, -0.2) is 25.5 Å². The van der Waals surface area contributed by atoms with E-state index >= 15 is 0 Å². The predicted molar refractivity (Wildman–Crippen MR) is 120 cm³/mol. The molecule has 7 nitrogen and oxygen atoms in total. The van der Waals surface area contributed by atoms with Crippen LogP contribution in [0.5, 0.6) is 5.75 Å². The van der Waals surface area contributed by atoms with Gasteiger partial charge in [-0.05, 0) is 49.2 Å². The Morgan fingerprint density at radius 3 is 2.68 bits per heavy atom. The number of ether oxygens (including phenoxy) is 1. The Kier molecular flexibility index (Phi) is 6.04. The molecule has 4 aromatic rings. The summed E-state index contributed by atoms with van der Waals surface area (Å²) < 4.78 is 9.11. The van der Waals surface area contributed by atoms with Crippen LogP contribution >= 0.6 is 11.6 Å². The number of carbonyl (C=O) groups excluding carboxylic acids is 1. The standard InChI is InChI=1S/C23H22ClN5O2/c1-16-6-7-21(17(2)12-16)31-15-29-10-8-20(26-29)23(30)25-22-9-11-28(27-22)14-18-4-3-5-19(24)13-18/h3-13H,14-15H2,1-2H3,(H,25,27,30). The van der Waals surface area contributed by atoms with Crippen LogP contribution in [0.4, 0.5) is 5.82 Å². The molecule has 0 spiro atoms. The van der Waals surface area contributed by atoms with Gasteiger partial charge >= 0.3 is 0 Å². The van der Waals surface area contributed by atoms with E-state index in [4.69, 9.17) is 16.3 Å². The maximum absolute atomic E-state index is 12.5. The molecule has 4 rings (SSSR count). The van der Waals surface area contributed by atoms with Crippen molar-refractivity contribution in [2.45, 2.75) is 27.1 Å². The van der Waals surface area contributed by atoms with Crippen LogP contribution in [0.2, 0.25) is 5.02 Å². The number of anilines is 1. The fraction of sp³-hybridized carbons (Fsp3) is 0.174. The highest BCUT2D eigenvalue weighted by molar-refractivity contribution is 6.30. The fourth-order valence-electron chi connectivity index (χ4n) is 3.17. The minimum absolute atomic E-state index is 0.214. The fourth-order valence-corrected chi connectivity index (χ4v) is 3.38. The zero-order valence-corrected chi connectivity index (χ0v) is 18.0. The van der Waals surface area contributed by atoms with E-state index in [9.17, 15) is 4.79 Å². The molecule has 0 saturated heterocycles. The number of benzene rings is 2. The largest absolute Gasteiger partial charge is 0.471 e. The maximum atomic E-state index is 12.5. The molecule has 0 unspecified atom stereocenters. The van der Waals surface area contributed by atoms with E-state index in [0.29, 0.717) is 17.4 Å². The Morgan fingerprint density at radius 2 is 1.87 bits per heavy atom. The highest BCUT2D eigenvalue weighted by Gasteiger charge is 2.12. The van der Waals surface area contributed by atoms with Crippen molar-refractivity contribution >= 4 is 23.3 Å². The van der Waals surface area contributed by atoms with Crippen LogP contribution < -0.4 is 10.1 Å². The van der Waals surface area contributed by atoms with Crippen molar-refractivity contribution in [1.82, 2.24) is 19.6 Å². The van der Waals surface area contributed by atoms with Gasteiger partial charge in [0.15, 0.2) is 18.2 Å². The first-order chi connectivity index (χ1) is 15.0. The number of amides is 1. The molecule has 0 radical (unpaired) electrons. The van der Waals surface area contributed by atoms with Crippen LogP contribution in [0.1, 0.15) is 27.2 Å². The van der Waals surface area contributed by atoms with Crippen molar-refractivity contribution in [3.8, 4) is 5.75 Å². The summed E-state index contributed by atoms with van der Waals surface area (Å²) in [6, 6.07) is 16.9. The summed E-state index contributed by atoms with van der Waals surface area (Å²) in [6.07, 6.45) is 3.50. The van der Waals surface area contributed by atoms with E-state index < -0.39 is 0 Å². The second kappa shape index (κ2) is 9.06. The zero-order valence-electron chi connectivity index (χ0n) is 17.2. The Bertz CT molecular complexity index is 1210. The molecule has 158 valence electrons. The number of aryl methyl sites for hydroxylation is 2. The first-order valence-electron chi connectivity index (χ1n) is 9.79. The summed E-state index contributed by atoms with van der Waals surface area (Å²) in [6.45, 7) is 4.80. The van der Waals surface area contributed by atoms with E-state index in [1.54, 1.807) is 33.9 Å². The third-order valence-corrected chi connectivity index (χ3v) is 4.91. The average molecular weight is 436 g/mol. The Hall–Kier alpha value is -3.58. The Balaban J connectivity index is 1.34. The highest BCUT2D eigenvalue weighted by Crippen LogP contribution is 2.19. The van der Waals surface area contributed by atoms with Gasteiger partial charge in [-0.15, -0.1) is 0 Å². The number of hydrogen-bond donors (Lipinski definition) is 1. The first-order valence-corrected chi connectivity index (χ1v) is 10.2. The summed E-state index contributed by atoms with van der Waals surface area (Å²) in [4.78, 5) is 12.5. The molecular weight excluding hydrogens is 414 g/mol. The first kappa shape index (κ1) is 20.7. The lowest BCUT2D eigenvalue weighted by atomic mass is 10.1. The molecule has 2 aromatic heterocycles. The molecule has 31 heavy (non-hydrogen) atoms. The monoisotopic (exact) mass is 435 g/mol. The summed E-state index contributed by atoms with van der Waals surface area (Å²) >= 11 is 6.02. The molecule has 0 aliphatic heterocycles. The Morgan fingerprint density at radius 1 is 1.03 bits per heavy atom. The summed E-state index contributed by atoms with van der Waals surface area (Å²) in [5, 5.41) is 12.1. The molecule has 0 saturated carbocycles. The van der Waals surface area contributed by atoms with Crippen molar-refractivity contribution in [3.63, 3.8) is 0 Å². The van der Waals surface area contributed by atoms with Gasteiger partial charge in [0.25, 0.3) is 5.91 Å². The summed E-state index contributed by atoms with van der Waals surface area (Å²) in [5.41, 5.74) is 3.54. The highest BCUT2D eigenvalue weighted by atomic mass is 35.5. The van der Waals surface area contributed by atoms with Crippen molar-refractivity contribution in [1.29, 1.82) is 0 Å². The van der Waals surface area contributed by atoms with Gasteiger partial charge in [-0.1, -0.05) is 41.4 Å². The van der Waals surface area contributed by atoms with Gasteiger partial charge in [0.05, 0.1) is 6.54 Å². The number of hydrogen-bond acceptors (Lipinski definition) is 4. The minimum atomic E-state index is -0.335. The molecular formula is C23H22ClN5O2. The van der Waals surface area contributed by atoms with E-state index in [1.807, 2.05) is 50.2 Å². The SMILES string of the molecule is Cc1ccc(OCn2ccc(C(=O)Nc3ccn(Cc4cccc(Cl)c4)n3)n2)c(C)c1. The van der Waals surface area contributed by atoms with Crippen LogP contribution in [0, 0.1) is 13.8 Å². The van der Waals surface area contributed by atoms with Gasteiger partial charge in [-0.25, -0.2) is 4.68 Å². The summed E-state index contributed by atoms with van der Waals surface area (Å²) in [5.74, 6) is 0.906. The van der Waals surface area contributed by atoms with Crippen LogP contribution in [0.15, 0.2) is 67.0 Å². The second-order valence-electron chi connectivity index (χ2n) is 7.27.